The molecule has 202 valence electrons. The van der Waals surface area contributed by atoms with E-state index in [0.717, 1.165) is 53.8 Å². The van der Waals surface area contributed by atoms with Crippen molar-refractivity contribution in [2.45, 2.75) is 24.9 Å². The first kappa shape index (κ1) is 28.1. The first-order valence-corrected chi connectivity index (χ1v) is 14.6. The van der Waals surface area contributed by atoms with Crippen LogP contribution < -0.4 is 14.4 Å². The summed E-state index contributed by atoms with van der Waals surface area (Å²) in [7, 11) is -2.53. The molecule has 0 spiro atoms. The maximum absolute atomic E-state index is 13.7. The van der Waals surface area contributed by atoms with Gasteiger partial charge in [-0.2, -0.15) is 0 Å². The molecule has 1 saturated heterocycles. The lowest BCUT2D eigenvalue weighted by Crippen LogP contribution is -2.40. The van der Waals surface area contributed by atoms with Gasteiger partial charge in [-0.25, -0.2) is 8.42 Å². The summed E-state index contributed by atoms with van der Waals surface area (Å²) in [4.78, 5) is 15.4. The van der Waals surface area contributed by atoms with Crippen LogP contribution in [0.2, 0.25) is 0 Å². The molecule has 3 aromatic carbocycles. The third-order valence-electron chi connectivity index (χ3n) is 6.31. The number of nitrogens with one attached hydrogen (secondary N) is 1. The number of anilines is 1. The molecule has 3 aromatic rings. The summed E-state index contributed by atoms with van der Waals surface area (Å²) in [6.07, 6.45) is 0. The Balaban J connectivity index is 1.49. The predicted molar refractivity (Wildman–Crippen MR) is 151 cm³/mol. The highest BCUT2D eigenvalue weighted by atomic mass is 79.9. The Labute approximate surface area is 232 Å². The standard InChI is InChI=1S/C28H32BrN3O5S/c1-21-6-8-24(9-7-21)32(38(34,35)25-10-11-27(36-2)26(29)17-25)20-28(33)30-18-22-4-3-5-23(16-22)19-31-12-14-37-15-13-31/h3-11,16-17H,12-15,18-20H2,1-2H3,(H,30,33). The average Bonchev–Trinajstić information content (AvgIpc) is 2.92. The highest BCUT2D eigenvalue weighted by molar-refractivity contribution is 9.10. The minimum atomic E-state index is -4.04. The molecule has 0 atom stereocenters. The summed E-state index contributed by atoms with van der Waals surface area (Å²) in [6, 6.07) is 19.6. The molecule has 1 N–H and O–H groups in total. The van der Waals surface area contributed by atoms with E-state index in [0.29, 0.717) is 22.5 Å². The molecule has 1 aliphatic heterocycles. The van der Waals surface area contributed by atoms with Gasteiger partial charge in [0, 0.05) is 26.2 Å². The van der Waals surface area contributed by atoms with Crippen molar-refractivity contribution in [1.29, 1.82) is 0 Å². The Morgan fingerprint density at radius 2 is 1.76 bits per heavy atom. The van der Waals surface area contributed by atoms with Crippen LogP contribution in [0.1, 0.15) is 16.7 Å². The predicted octanol–water partition coefficient (Wildman–Crippen LogP) is 4.11. The number of halogens is 1. The van der Waals surface area contributed by atoms with E-state index in [-0.39, 0.29) is 11.4 Å². The molecule has 8 nitrogen and oxygen atoms in total. The van der Waals surface area contributed by atoms with Crippen LogP contribution in [0.5, 0.6) is 5.75 Å². The fraction of sp³-hybridized carbons (Fsp3) is 0.321. The van der Waals surface area contributed by atoms with Crippen molar-refractivity contribution < 1.29 is 22.7 Å². The molecule has 0 radical (unpaired) electrons. The van der Waals surface area contributed by atoms with Crippen LogP contribution in [-0.2, 0) is 32.6 Å². The maximum Gasteiger partial charge on any atom is 0.264 e. The van der Waals surface area contributed by atoms with Gasteiger partial charge in [0.1, 0.15) is 12.3 Å². The number of nitrogens with zero attached hydrogens (tertiary/aromatic N) is 2. The molecule has 0 bridgehead atoms. The molecule has 1 fully saturated rings. The van der Waals surface area contributed by atoms with Crippen molar-refractivity contribution in [2.24, 2.45) is 0 Å². The molecule has 10 heteroatoms. The Kier molecular flexibility index (Phi) is 9.43. The molecule has 0 unspecified atom stereocenters. The normalized spacial score (nSPS) is 14.2. The largest absolute Gasteiger partial charge is 0.496 e. The number of carbonyl (C=O) groups excluding carboxylic acids is 1. The number of methoxy groups -OCH3 is 1. The molecule has 0 aromatic heterocycles. The monoisotopic (exact) mass is 601 g/mol. The lowest BCUT2D eigenvalue weighted by atomic mass is 10.1. The zero-order valence-corrected chi connectivity index (χ0v) is 23.9. The van der Waals surface area contributed by atoms with E-state index in [4.69, 9.17) is 9.47 Å². The van der Waals surface area contributed by atoms with Gasteiger partial charge in [0.2, 0.25) is 5.91 Å². The third kappa shape index (κ3) is 7.13. The Morgan fingerprint density at radius 1 is 1.05 bits per heavy atom. The number of rotatable bonds is 10. The van der Waals surface area contributed by atoms with Crippen molar-refractivity contribution in [2.75, 3.05) is 44.3 Å². The lowest BCUT2D eigenvalue weighted by molar-refractivity contribution is -0.119. The van der Waals surface area contributed by atoms with Crippen LogP contribution in [0.3, 0.4) is 0 Å². The Bertz CT molecular complexity index is 1360. The van der Waals surface area contributed by atoms with Crippen LogP contribution in [0.15, 0.2) is 76.1 Å². The van der Waals surface area contributed by atoms with E-state index in [9.17, 15) is 13.2 Å². The topological polar surface area (TPSA) is 88.2 Å². The van der Waals surface area contributed by atoms with Gasteiger partial charge in [0.05, 0.1) is 35.4 Å². The molecule has 4 rings (SSSR count). The number of ether oxygens (including phenoxy) is 2. The van der Waals surface area contributed by atoms with Crippen LogP contribution in [0, 0.1) is 6.92 Å². The summed E-state index contributed by atoms with van der Waals surface area (Å²) in [6.45, 7) is 5.95. The van der Waals surface area contributed by atoms with Gasteiger partial charge in [0.15, 0.2) is 0 Å². The molecule has 1 aliphatic rings. The lowest BCUT2D eigenvalue weighted by Gasteiger charge is -2.26. The zero-order chi connectivity index (χ0) is 27.1. The molecule has 0 aliphatic carbocycles. The molecular weight excluding hydrogens is 570 g/mol. The van der Waals surface area contributed by atoms with Gasteiger partial charge in [-0.3, -0.25) is 14.0 Å². The number of amides is 1. The number of morpholine rings is 1. The van der Waals surface area contributed by atoms with Gasteiger partial charge in [-0.05, 0) is 64.3 Å². The fourth-order valence-electron chi connectivity index (χ4n) is 4.20. The van der Waals surface area contributed by atoms with E-state index in [1.165, 1.54) is 19.2 Å². The maximum atomic E-state index is 13.7. The highest BCUT2D eigenvalue weighted by Gasteiger charge is 2.28. The van der Waals surface area contributed by atoms with Gasteiger partial charge in [-0.1, -0.05) is 42.0 Å². The summed E-state index contributed by atoms with van der Waals surface area (Å²) < 4.78 is 39.7. The van der Waals surface area contributed by atoms with Crippen LogP contribution >= 0.6 is 15.9 Å². The van der Waals surface area contributed by atoms with Crippen molar-refractivity contribution in [1.82, 2.24) is 10.2 Å². The van der Waals surface area contributed by atoms with E-state index in [1.807, 2.05) is 31.2 Å². The Hall–Kier alpha value is -2.92. The van der Waals surface area contributed by atoms with Crippen LogP contribution in [0.4, 0.5) is 5.69 Å². The first-order chi connectivity index (χ1) is 18.3. The molecule has 0 saturated carbocycles. The van der Waals surface area contributed by atoms with Gasteiger partial charge >= 0.3 is 0 Å². The minimum Gasteiger partial charge on any atom is -0.496 e. The van der Waals surface area contributed by atoms with Gasteiger partial charge < -0.3 is 14.8 Å². The first-order valence-electron chi connectivity index (χ1n) is 12.3. The zero-order valence-electron chi connectivity index (χ0n) is 21.5. The Morgan fingerprint density at radius 3 is 2.45 bits per heavy atom. The van der Waals surface area contributed by atoms with Crippen LogP contribution in [0.25, 0.3) is 0 Å². The number of hydrogen-bond donors (Lipinski definition) is 1. The SMILES string of the molecule is COc1ccc(S(=O)(=O)N(CC(=O)NCc2cccc(CN3CCOCC3)c2)c2ccc(C)cc2)cc1Br. The van der Waals surface area contributed by atoms with Crippen molar-refractivity contribution in [3.05, 3.63) is 87.9 Å². The average molecular weight is 603 g/mol. The van der Waals surface area contributed by atoms with E-state index >= 15 is 0 Å². The van der Waals surface area contributed by atoms with Crippen molar-refractivity contribution >= 4 is 37.5 Å². The molecule has 1 amide bonds. The molecule has 38 heavy (non-hydrogen) atoms. The van der Waals surface area contributed by atoms with E-state index < -0.39 is 15.9 Å². The minimum absolute atomic E-state index is 0.0503. The van der Waals surface area contributed by atoms with Crippen molar-refractivity contribution in [3.63, 3.8) is 0 Å². The third-order valence-corrected chi connectivity index (χ3v) is 8.70. The summed E-state index contributed by atoms with van der Waals surface area (Å²) in [5, 5.41) is 2.89. The number of benzene rings is 3. The van der Waals surface area contributed by atoms with E-state index in [2.05, 4.69) is 38.3 Å². The summed E-state index contributed by atoms with van der Waals surface area (Å²) in [5.74, 6) is 0.111. The smallest absolute Gasteiger partial charge is 0.264 e. The summed E-state index contributed by atoms with van der Waals surface area (Å²) >= 11 is 3.36. The van der Waals surface area contributed by atoms with E-state index in [1.54, 1.807) is 18.2 Å². The summed E-state index contributed by atoms with van der Waals surface area (Å²) in [5.41, 5.74) is 3.51. The number of aryl methyl sites for hydroxylation is 1. The van der Waals surface area contributed by atoms with Gasteiger partial charge in [0.25, 0.3) is 10.0 Å². The fourth-order valence-corrected chi connectivity index (χ4v) is 6.34. The highest BCUT2D eigenvalue weighted by Crippen LogP contribution is 2.30. The number of hydrogen-bond acceptors (Lipinski definition) is 6. The molecule has 1 heterocycles. The van der Waals surface area contributed by atoms with Crippen molar-refractivity contribution in [3.8, 4) is 5.75 Å². The quantitative estimate of drug-likeness (QED) is 0.376. The second-order valence-corrected chi connectivity index (χ2v) is 11.8. The van der Waals surface area contributed by atoms with Crippen LogP contribution in [-0.4, -0.2) is 59.2 Å². The number of sulfonamides is 1. The second-order valence-electron chi connectivity index (χ2n) is 9.13. The number of carbonyl (C=O) groups is 1. The van der Waals surface area contributed by atoms with Gasteiger partial charge in [-0.15, -0.1) is 0 Å². The molecular formula is C28H32BrN3O5S. The second kappa shape index (κ2) is 12.8.